The number of benzene rings is 1. The number of halogens is 5. The van der Waals surface area contributed by atoms with Crippen LogP contribution in [0.5, 0.6) is 0 Å². The number of alkyl halides is 5. The van der Waals surface area contributed by atoms with E-state index in [1.807, 2.05) is 26.0 Å². The van der Waals surface area contributed by atoms with Gasteiger partial charge in [-0.05, 0) is 76.0 Å². The van der Waals surface area contributed by atoms with E-state index in [9.17, 15) is 31.5 Å². The lowest BCUT2D eigenvalue weighted by Crippen LogP contribution is -2.59. The fraction of sp³-hybridized carbons (Fsp3) is 0.529. The number of amides is 1. The van der Waals surface area contributed by atoms with Crippen LogP contribution >= 0.6 is 10.9 Å². The number of hydrogen-bond donors (Lipinski definition) is 1. The van der Waals surface area contributed by atoms with E-state index in [-0.39, 0.29) is 49.6 Å². The Bertz CT molecular complexity index is 1800. The summed E-state index contributed by atoms with van der Waals surface area (Å²) < 4.78 is 79.6. The van der Waals surface area contributed by atoms with E-state index in [0.717, 1.165) is 12.1 Å². The average molecular weight is 694 g/mol. The quantitative estimate of drug-likeness (QED) is 0.226. The predicted molar refractivity (Wildman–Crippen MR) is 176 cm³/mol. The molecule has 1 fully saturated rings. The molecule has 2 aromatic heterocycles. The van der Waals surface area contributed by atoms with E-state index in [0.29, 0.717) is 26.8 Å². The van der Waals surface area contributed by atoms with Gasteiger partial charge in [-0.15, -0.1) is 0 Å². The zero-order valence-corrected chi connectivity index (χ0v) is 28.4. The first-order chi connectivity index (χ1) is 22.4. The number of ether oxygens (including phenoxy) is 1. The number of piperazine rings is 1. The van der Waals surface area contributed by atoms with Crippen LogP contribution in [-0.4, -0.2) is 68.0 Å². The third kappa shape index (κ3) is 6.77. The molecule has 6 rings (SSSR count). The van der Waals surface area contributed by atoms with Crippen LogP contribution in [0.25, 0.3) is 10.9 Å². The number of thiol groups is 1. The lowest BCUT2D eigenvalue weighted by atomic mass is 10.0. The smallest absolute Gasteiger partial charge is 0.416 e. The molecule has 2 unspecified atom stereocenters. The number of pyridine rings is 1. The molecule has 48 heavy (non-hydrogen) atoms. The molecule has 0 saturated carbocycles. The van der Waals surface area contributed by atoms with Crippen molar-refractivity contribution >= 4 is 33.7 Å². The number of allylic oxidation sites excluding steroid dienone is 2. The van der Waals surface area contributed by atoms with Gasteiger partial charge in [-0.1, -0.05) is 12.1 Å². The van der Waals surface area contributed by atoms with E-state index in [2.05, 4.69) is 9.97 Å². The van der Waals surface area contributed by atoms with E-state index < -0.39 is 64.4 Å². The van der Waals surface area contributed by atoms with Gasteiger partial charge < -0.3 is 9.64 Å². The normalized spacial score (nSPS) is 25.4. The van der Waals surface area contributed by atoms with Gasteiger partial charge in [0.25, 0.3) is 5.92 Å². The second-order valence-corrected chi connectivity index (χ2v) is 16.3. The SMILES string of the molecule is C[C@@H]1CN(c2nc(=O)n3c4c(cc(C(F)(F)F)cc24)[SH](C2=CCC(F)(F)CC2)CC(c2ccccn2)C3)C[C@H](C)N1C(=O)OC(C)(C)C. The number of carbonyl (C=O) groups is 1. The molecule has 1 amide bonds. The van der Waals surface area contributed by atoms with Crippen LogP contribution in [0.4, 0.5) is 32.6 Å². The Morgan fingerprint density at radius 3 is 2.35 bits per heavy atom. The van der Waals surface area contributed by atoms with Crippen LogP contribution in [0.1, 0.15) is 71.1 Å². The van der Waals surface area contributed by atoms with E-state index in [4.69, 9.17) is 4.74 Å². The number of rotatable bonds is 3. The minimum Gasteiger partial charge on any atom is -0.444 e. The molecule has 2 aliphatic heterocycles. The van der Waals surface area contributed by atoms with Crippen molar-refractivity contribution in [2.24, 2.45) is 0 Å². The lowest BCUT2D eigenvalue weighted by molar-refractivity contribution is -0.137. The van der Waals surface area contributed by atoms with Gasteiger partial charge in [0.05, 0.1) is 23.2 Å². The molecule has 14 heteroatoms. The third-order valence-corrected chi connectivity index (χ3v) is 11.9. The number of aromatic nitrogens is 3. The molecule has 0 N–H and O–H groups in total. The zero-order chi connectivity index (χ0) is 34.8. The molecule has 1 saturated heterocycles. The maximum atomic E-state index is 14.6. The van der Waals surface area contributed by atoms with Crippen LogP contribution in [0, 0.1) is 0 Å². The molecular formula is C34H40F5N5O3S. The Kier molecular flexibility index (Phi) is 8.78. The topological polar surface area (TPSA) is 80.6 Å². The fourth-order valence-corrected chi connectivity index (χ4v) is 10.00. The summed E-state index contributed by atoms with van der Waals surface area (Å²) in [5.41, 5.74) is -1.22. The Morgan fingerprint density at radius 1 is 1.06 bits per heavy atom. The number of carbonyl (C=O) groups excluding carboxylic acids is 1. The summed E-state index contributed by atoms with van der Waals surface area (Å²) >= 11 is 0. The summed E-state index contributed by atoms with van der Waals surface area (Å²) in [4.78, 5) is 40.4. The maximum absolute atomic E-state index is 14.6. The van der Waals surface area contributed by atoms with Crippen LogP contribution in [0.15, 0.2) is 57.2 Å². The van der Waals surface area contributed by atoms with Crippen LogP contribution in [0.3, 0.4) is 0 Å². The highest BCUT2D eigenvalue weighted by Crippen LogP contribution is 2.56. The highest BCUT2D eigenvalue weighted by atomic mass is 32.2. The predicted octanol–water partition coefficient (Wildman–Crippen LogP) is 7.51. The van der Waals surface area contributed by atoms with Crippen LogP contribution < -0.4 is 10.6 Å². The Labute approximate surface area is 278 Å². The summed E-state index contributed by atoms with van der Waals surface area (Å²) in [6, 6.07) is 6.70. The summed E-state index contributed by atoms with van der Waals surface area (Å²) in [6.45, 7) is 9.47. The number of nitrogens with zero attached hydrogens (tertiary/aromatic N) is 5. The fourth-order valence-electron chi connectivity index (χ4n) is 7.03. The van der Waals surface area contributed by atoms with Crippen molar-refractivity contribution in [1.82, 2.24) is 19.4 Å². The highest BCUT2D eigenvalue weighted by molar-refractivity contribution is 8.20. The first kappa shape index (κ1) is 34.2. The van der Waals surface area contributed by atoms with Crippen molar-refractivity contribution in [1.29, 1.82) is 0 Å². The second-order valence-electron chi connectivity index (χ2n) is 14.0. The Balaban J connectivity index is 1.53. The van der Waals surface area contributed by atoms with Crippen molar-refractivity contribution < 1.29 is 31.5 Å². The average Bonchev–Trinajstić information content (AvgIpc) is 3.16. The largest absolute Gasteiger partial charge is 0.444 e. The van der Waals surface area contributed by atoms with Crippen molar-refractivity contribution in [3.63, 3.8) is 0 Å². The number of hydrogen-bond acceptors (Lipinski definition) is 6. The molecule has 8 nitrogen and oxygen atoms in total. The van der Waals surface area contributed by atoms with Gasteiger partial charge >= 0.3 is 18.0 Å². The molecule has 3 aromatic rings. The van der Waals surface area contributed by atoms with Crippen molar-refractivity contribution in [3.05, 3.63) is 69.3 Å². The van der Waals surface area contributed by atoms with Gasteiger partial charge in [-0.2, -0.15) is 18.2 Å². The Morgan fingerprint density at radius 2 is 1.77 bits per heavy atom. The second kappa shape index (κ2) is 12.3. The molecule has 260 valence electrons. The van der Waals surface area contributed by atoms with Crippen molar-refractivity contribution in [2.75, 3.05) is 23.7 Å². The molecule has 1 aliphatic carbocycles. The molecule has 4 heterocycles. The first-order valence-electron chi connectivity index (χ1n) is 16.1. The minimum absolute atomic E-state index is 0.0508. The van der Waals surface area contributed by atoms with Crippen molar-refractivity contribution in [2.45, 2.75) is 101 Å². The zero-order valence-electron chi connectivity index (χ0n) is 27.5. The minimum atomic E-state index is -4.72. The molecule has 0 bridgehead atoms. The molecule has 3 aliphatic rings. The van der Waals surface area contributed by atoms with Gasteiger partial charge in [0, 0.05) is 60.6 Å². The summed E-state index contributed by atoms with van der Waals surface area (Å²) in [7, 11) is -1.57. The first-order valence-corrected chi connectivity index (χ1v) is 17.6. The summed E-state index contributed by atoms with van der Waals surface area (Å²) in [5.74, 6) is -2.79. The van der Waals surface area contributed by atoms with Gasteiger partial charge in [0.1, 0.15) is 11.4 Å². The van der Waals surface area contributed by atoms with Gasteiger partial charge in [0.2, 0.25) is 0 Å². The molecule has 0 spiro atoms. The summed E-state index contributed by atoms with van der Waals surface area (Å²) in [6.07, 6.45) is -2.93. The Hall–Kier alpha value is -3.68. The summed E-state index contributed by atoms with van der Waals surface area (Å²) in [5, 5.41) is 0.167. The van der Waals surface area contributed by atoms with Gasteiger partial charge in [-0.3, -0.25) is 14.5 Å². The monoisotopic (exact) mass is 693 g/mol. The molecule has 0 radical (unpaired) electrons. The van der Waals surface area contributed by atoms with Gasteiger partial charge in [0.15, 0.2) is 0 Å². The van der Waals surface area contributed by atoms with E-state index >= 15 is 0 Å². The van der Waals surface area contributed by atoms with Crippen molar-refractivity contribution in [3.8, 4) is 0 Å². The van der Waals surface area contributed by atoms with Gasteiger partial charge in [-0.25, -0.2) is 29.3 Å². The number of anilines is 1. The van der Waals surface area contributed by atoms with E-state index in [1.165, 1.54) is 10.6 Å². The molecule has 1 aromatic carbocycles. The lowest BCUT2D eigenvalue weighted by Gasteiger charge is -2.45. The van der Waals surface area contributed by atoms with E-state index in [1.54, 1.807) is 42.8 Å². The maximum Gasteiger partial charge on any atom is 0.416 e. The highest BCUT2D eigenvalue weighted by Gasteiger charge is 2.40. The van der Waals surface area contributed by atoms with Crippen LogP contribution in [-0.2, 0) is 17.5 Å². The molecule has 4 atom stereocenters. The standard InChI is InChI=1S/C34H40F5N5O3S/c1-20-16-42(17-21(2)44(20)31(46)47-32(3,4)5)29-25-14-23(34(37,38)39)15-27-28(25)43(30(45)41-29)18-22(26-8-6-7-13-40-26)19-48(27)24-9-11-33(35,36)12-10-24/h6-9,13-15,20-22,48H,10-12,16-19H2,1-5H3/t20-,21+,22?. The van der Waals surface area contributed by atoms with Crippen LogP contribution in [0.2, 0.25) is 0 Å². The third-order valence-electron chi connectivity index (χ3n) is 9.12. The molecular weight excluding hydrogens is 653 g/mol.